The zero-order valence-corrected chi connectivity index (χ0v) is 11.6. The average molecular weight is 294 g/mol. The van der Waals surface area contributed by atoms with E-state index in [2.05, 4.69) is 4.98 Å². The van der Waals surface area contributed by atoms with Crippen molar-refractivity contribution in [3.05, 3.63) is 45.4 Å². The van der Waals surface area contributed by atoms with Gasteiger partial charge in [0.2, 0.25) is 0 Å². The number of rotatable bonds is 3. The van der Waals surface area contributed by atoms with Crippen molar-refractivity contribution in [2.45, 2.75) is 13.2 Å². The van der Waals surface area contributed by atoms with Gasteiger partial charge in [-0.05, 0) is 30.3 Å². The highest BCUT2D eigenvalue weighted by Gasteiger charge is 2.11. The van der Waals surface area contributed by atoms with Gasteiger partial charge in [0.05, 0.1) is 21.9 Å². The molecule has 0 bridgehead atoms. The van der Waals surface area contributed by atoms with Crippen molar-refractivity contribution in [2.24, 2.45) is 0 Å². The second-order valence-electron chi connectivity index (χ2n) is 4.23. The summed E-state index contributed by atoms with van der Waals surface area (Å²) in [5.41, 5.74) is 8.18. The predicted molar refractivity (Wildman–Crippen MR) is 78.5 cm³/mol. The highest BCUT2D eigenvalue weighted by molar-refractivity contribution is 7.16. The maximum atomic E-state index is 9.43. The number of nitrogens with two attached hydrogens (primary N) is 1. The fourth-order valence-electron chi connectivity index (χ4n) is 2.09. The molecule has 0 saturated carbocycles. The molecule has 0 aliphatic carbocycles. The average Bonchev–Trinajstić information content (AvgIpc) is 2.94. The molecule has 0 amide bonds. The first-order chi connectivity index (χ1) is 9.17. The molecule has 0 aliphatic heterocycles. The lowest BCUT2D eigenvalue weighted by molar-refractivity contribution is 0.267. The predicted octanol–water partition coefficient (Wildman–Crippen LogP) is 2.87. The Labute approximate surface area is 119 Å². The van der Waals surface area contributed by atoms with E-state index >= 15 is 0 Å². The van der Waals surface area contributed by atoms with Gasteiger partial charge in [-0.2, -0.15) is 0 Å². The summed E-state index contributed by atoms with van der Waals surface area (Å²) in [5.74, 6) is 0.630. The van der Waals surface area contributed by atoms with Crippen LogP contribution >= 0.6 is 22.9 Å². The Kier molecular flexibility index (Phi) is 3.18. The molecule has 2 aromatic heterocycles. The Morgan fingerprint density at radius 2 is 2.16 bits per heavy atom. The van der Waals surface area contributed by atoms with Gasteiger partial charge in [-0.15, -0.1) is 11.3 Å². The van der Waals surface area contributed by atoms with E-state index in [9.17, 15) is 5.11 Å². The monoisotopic (exact) mass is 293 g/mol. The van der Waals surface area contributed by atoms with Crippen LogP contribution in [0.5, 0.6) is 0 Å². The number of fused-ring (bicyclic) bond motifs is 1. The lowest BCUT2D eigenvalue weighted by Gasteiger charge is -2.06. The lowest BCUT2D eigenvalue weighted by atomic mass is 10.3. The van der Waals surface area contributed by atoms with Gasteiger partial charge in [0.15, 0.2) is 0 Å². The van der Waals surface area contributed by atoms with E-state index in [1.165, 1.54) is 11.3 Å². The van der Waals surface area contributed by atoms with Crippen molar-refractivity contribution in [1.82, 2.24) is 9.55 Å². The van der Waals surface area contributed by atoms with E-state index in [4.69, 9.17) is 17.3 Å². The Balaban J connectivity index is 2.10. The molecule has 98 valence electrons. The number of halogens is 1. The number of aromatic nitrogens is 2. The molecule has 0 unspecified atom stereocenters. The third kappa shape index (κ3) is 2.32. The van der Waals surface area contributed by atoms with Crippen molar-refractivity contribution in [3.63, 3.8) is 0 Å². The summed E-state index contributed by atoms with van der Waals surface area (Å²) in [4.78, 5) is 5.52. The van der Waals surface area contributed by atoms with E-state index < -0.39 is 0 Å². The van der Waals surface area contributed by atoms with Gasteiger partial charge in [-0.3, -0.25) is 0 Å². The first-order valence-corrected chi connectivity index (χ1v) is 6.96. The van der Waals surface area contributed by atoms with Gasteiger partial charge in [0.25, 0.3) is 0 Å². The fraction of sp³-hybridized carbons (Fsp3) is 0.154. The zero-order chi connectivity index (χ0) is 13.4. The molecular weight excluding hydrogens is 282 g/mol. The van der Waals surface area contributed by atoms with Crippen molar-refractivity contribution in [2.75, 3.05) is 5.73 Å². The largest absolute Gasteiger partial charge is 0.399 e. The van der Waals surface area contributed by atoms with Crippen LogP contribution in [0.15, 0.2) is 30.3 Å². The minimum atomic E-state index is -0.103. The minimum Gasteiger partial charge on any atom is -0.399 e. The van der Waals surface area contributed by atoms with Crippen molar-refractivity contribution in [3.8, 4) is 0 Å². The number of thiophene rings is 1. The van der Waals surface area contributed by atoms with Crippen LogP contribution in [-0.4, -0.2) is 14.7 Å². The second kappa shape index (κ2) is 4.85. The zero-order valence-electron chi connectivity index (χ0n) is 10.0. The van der Waals surface area contributed by atoms with Crippen LogP contribution in [0.4, 0.5) is 5.69 Å². The number of anilines is 1. The SMILES string of the molecule is Nc1ccc2c(c1)nc(CO)n2Cc1ccc(Cl)s1. The van der Waals surface area contributed by atoms with E-state index in [0.29, 0.717) is 18.1 Å². The molecule has 0 aliphatic rings. The van der Waals surface area contributed by atoms with Crippen molar-refractivity contribution in [1.29, 1.82) is 0 Å². The van der Waals surface area contributed by atoms with Gasteiger partial charge in [0.1, 0.15) is 12.4 Å². The molecule has 0 radical (unpaired) electrons. The van der Waals surface area contributed by atoms with E-state index in [-0.39, 0.29) is 6.61 Å². The maximum absolute atomic E-state index is 9.43. The van der Waals surface area contributed by atoms with Crippen LogP contribution in [0.3, 0.4) is 0 Å². The van der Waals surface area contributed by atoms with Gasteiger partial charge in [-0.25, -0.2) is 4.98 Å². The normalized spacial score (nSPS) is 11.3. The van der Waals surface area contributed by atoms with Crippen LogP contribution in [-0.2, 0) is 13.2 Å². The third-order valence-electron chi connectivity index (χ3n) is 2.94. The maximum Gasteiger partial charge on any atom is 0.136 e. The molecule has 0 saturated heterocycles. The molecule has 0 atom stereocenters. The van der Waals surface area contributed by atoms with Gasteiger partial charge in [0, 0.05) is 10.6 Å². The van der Waals surface area contributed by atoms with Gasteiger partial charge < -0.3 is 15.4 Å². The van der Waals surface area contributed by atoms with E-state index in [1.54, 1.807) is 0 Å². The third-order valence-corrected chi connectivity index (χ3v) is 4.15. The van der Waals surface area contributed by atoms with Crippen LogP contribution in [0.1, 0.15) is 10.7 Å². The van der Waals surface area contributed by atoms with Crippen LogP contribution in [0.25, 0.3) is 11.0 Å². The van der Waals surface area contributed by atoms with Gasteiger partial charge in [-0.1, -0.05) is 11.6 Å². The standard InChI is InChI=1S/C13H12ClN3OS/c14-12-4-2-9(19-12)6-17-11-3-1-8(15)5-10(11)16-13(17)7-18/h1-5,18H,6-7,15H2. The first kappa shape index (κ1) is 12.5. The number of nitrogens with zero attached hydrogens (tertiary/aromatic N) is 2. The van der Waals surface area contributed by atoms with Gasteiger partial charge >= 0.3 is 0 Å². The number of aliphatic hydroxyl groups excluding tert-OH is 1. The molecule has 19 heavy (non-hydrogen) atoms. The second-order valence-corrected chi connectivity index (χ2v) is 6.03. The number of aliphatic hydroxyl groups is 1. The van der Waals surface area contributed by atoms with Crippen LogP contribution < -0.4 is 5.73 Å². The van der Waals surface area contributed by atoms with E-state index in [1.807, 2.05) is 34.9 Å². The molecule has 4 nitrogen and oxygen atoms in total. The lowest BCUT2D eigenvalue weighted by Crippen LogP contribution is -2.03. The number of hydrogen-bond donors (Lipinski definition) is 2. The fourth-order valence-corrected chi connectivity index (χ4v) is 3.16. The quantitative estimate of drug-likeness (QED) is 0.730. The molecule has 3 aromatic rings. The molecule has 3 N–H and O–H groups in total. The topological polar surface area (TPSA) is 64.1 Å². The molecule has 0 fully saturated rings. The molecule has 3 rings (SSSR count). The van der Waals surface area contributed by atoms with Crippen LogP contribution in [0, 0.1) is 0 Å². The summed E-state index contributed by atoms with van der Waals surface area (Å²) in [5, 5.41) is 9.43. The highest BCUT2D eigenvalue weighted by atomic mass is 35.5. The molecule has 6 heteroatoms. The number of nitrogen functional groups attached to an aromatic ring is 1. The summed E-state index contributed by atoms with van der Waals surface area (Å²) in [6.45, 7) is 0.543. The summed E-state index contributed by atoms with van der Waals surface area (Å²) in [6, 6.07) is 9.43. The molecular formula is C13H12ClN3OS. The highest BCUT2D eigenvalue weighted by Crippen LogP contribution is 2.25. The van der Waals surface area contributed by atoms with Crippen LogP contribution in [0.2, 0.25) is 4.34 Å². The van der Waals surface area contributed by atoms with E-state index in [0.717, 1.165) is 20.2 Å². The molecule has 1 aromatic carbocycles. The number of hydrogen-bond acceptors (Lipinski definition) is 4. The Bertz CT molecular complexity index is 735. The van der Waals surface area contributed by atoms with Crippen molar-refractivity contribution < 1.29 is 5.11 Å². The Morgan fingerprint density at radius 1 is 1.32 bits per heavy atom. The number of benzene rings is 1. The summed E-state index contributed by atoms with van der Waals surface area (Å²) in [7, 11) is 0. The summed E-state index contributed by atoms with van der Waals surface area (Å²) < 4.78 is 2.74. The first-order valence-electron chi connectivity index (χ1n) is 5.77. The summed E-state index contributed by atoms with van der Waals surface area (Å²) >= 11 is 7.47. The smallest absolute Gasteiger partial charge is 0.136 e. The minimum absolute atomic E-state index is 0.103. The Hall–Kier alpha value is -1.56. The summed E-state index contributed by atoms with van der Waals surface area (Å²) in [6.07, 6.45) is 0. The number of imidazole rings is 1. The molecule has 2 heterocycles. The van der Waals surface area contributed by atoms with Crippen molar-refractivity contribution >= 4 is 39.7 Å². The Morgan fingerprint density at radius 3 is 2.84 bits per heavy atom. The molecule has 0 spiro atoms.